The fraction of sp³-hybridized carbons (Fsp3) is 0.120. The fourth-order valence-corrected chi connectivity index (χ4v) is 4.02. The van der Waals surface area contributed by atoms with Gasteiger partial charge in [0.05, 0.1) is 12.8 Å². The Morgan fingerprint density at radius 3 is 2.47 bits per heavy atom. The molecule has 0 fully saturated rings. The number of hydrogen-bond donors (Lipinski definition) is 1. The highest BCUT2D eigenvalue weighted by Crippen LogP contribution is 2.36. The molecule has 5 rings (SSSR count). The zero-order chi connectivity index (χ0) is 23.5. The molecule has 0 saturated heterocycles. The van der Waals surface area contributed by atoms with Crippen molar-refractivity contribution >= 4 is 34.8 Å². The molecule has 1 aliphatic rings. The third-order valence-corrected chi connectivity index (χ3v) is 5.80. The van der Waals surface area contributed by atoms with Gasteiger partial charge in [-0.05, 0) is 64.0 Å². The smallest absolute Gasteiger partial charge is 0.251 e. The summed E-state index contributed by atoms with van der Waals surface area (Å²) in [5, 5.41) is 16.0. The van der Waals surface area contributed by atoms with Gasteiger partial charge in [-0.1, -0.05) is 59.2 Å². The van der Waals surface area contributed by atoms with E-state index in [0.29, 0.717) is 16.7 Å². The molecule has 1 unspecified atom stereocenters. The molecule has 8 nitrogen and oxygen atoms in total. The molecule has 0 saturated carbocycles. The van der Waals surface area contributed by atoms with E-state index in [1.807, 2.05) is 59.5 Å². The monoisotopic (exact) mass is 472 g/mol. The average molecular weight is 473 g/mol. The molecule has 4 aromatic rings. The van der Waals surface area contributed by atoms with E-state index in [1.54, 1.807) is 36.1 Å². The third kappa shape index (κ3) is 4.35. The highest BCUT2D eigenvalue weighted by Gasteiger charge is 2.31. The molecule has 1 aliphatic heterocycles. The number of methoxy groups -OCH3 is 1. The van der Waals surface area contributed by atoms with E-state index >= 15 is 0 Å². The van der Waals surface area contributed by atoms with Crippen molar-refractivity contribution in [1.82, 2.24) is 20.2 Å². The van der Waals surface area contributed by atoms with Crippen molar-refractivity contribution in [3.8, 4) is 5.75 Å². The van der Waals surface area contributed by atoms with Crippen LogP contribution in [0.25, 0.3) is 5.70 Å². The predicted molar refractivity (Wildman–Crippen MR) is 131 cm³/mol. The first kappa shape index (κ1) is 21.7. The maximum atomic E-state index is 13.0. The van der Waals surface area contributed by atoms with Crippen LogP contribution in [0.4, 0.5) is 11.6 Å². The SMILES string of the molecule is COc1ccc(NC(=O)CN2C(c3ccccc3)=CC(c3ccc(Cl)cc3)n3nnnc32)cc1. The number of allylic oxidation sites excluding steroid dienone is 1. The molecule has 0 spiro atoms. The second-order valence-corrected chi connectivity index (χ2v) is 8.14. The van der Waals surface area contributed by atoms with Crippen molar-refractivity contribution in [1.29, 1.82) is 0 Å². The largest absolute Gasteiger partial charge is 0.497 e. The Bertz CT molecular complexity index is 1320. The molecule has 9 heteroatoms. The maximum Gasteiger partial charge on any atom is 0.251 e. The normalized spacial score (nSPS) is 14.8. The van der Waals surface area contributed by atoms with Crippen LogP contribution in [0.1, 0.15) is 17.2 Å². The number of nitrogens with one attached hydrogen (secondary N) is 1. The van der Waals surface area contributed by atoms with Crippen LogP contribution in [-0.2, 0) is 4.79 Å². The predicted octanol–water partition coefficient (Wildman–Crippen LogP) is 4.42. The highest BCUT2D eigenvalue weighted by atomic mass is 35.5. The van der Waals surface area contributed by atoms with Crippen molar-refractivity contribution in [2.45, 2.75) is 6.04 Å². The lowest BCUT2D eigenvalue weighted by molar-refractivity contribution is -0.114. The first-order valence-electron chi connectivity index (χ1n) is 10.6. The minimum Gasteiger partial charge on any atom is -0.497 e. The van der Waals surface area contributed by atoms with E-state index in [-0.39, 0.29) is 18.5 Å². The number of amides is 1. The second-order valence-electron chi connectivity index (χ2n) is 7.70. The van der Waals surface area contributed by atoms with Crippen LogP contribution in [0.15, 0.2) is 84.9 Å². The molecule has 0 radical (unpaired) electrons. The van der Waals surface area contributed by atoms with Gasteiger partial charge < -0.3 is 10.1 Å². The van der Waals surface area contributed by atoms with Gasteiger partial charge in [-0.3, -0.25) is 9.69 Å². The summed E-state index contributed by atoms with van der Waals surface area (Å²) in [4.78, 5) is 14.8. The van der Waals surface area contributed by atoms with Crippen LogP contribution in [0.3, 0.4) is 0 Å². The Labute approximate surface area is 201 Å². The molecule has 0 bridgehead atoms. The van der Waals surface area contributed by atoms with Gasteiger partial charge in [-0.2, -0.15) is 4.68 Å². The summed E-state index contributed by atoms with van der Waals surface area (Å²) < 4.78 is 6.89. The summed E-state index contributed by atoms with van der Waals surface area (Å²) in [5.41, 5.74) is 3.45. The Morgan fingerprint density at radius 2 is 1.76 bits per heavy atom. The number of ether oxygens (including phenoxy) is 1. The van der Waals surface area contributed by atoms with Crippen LogP contribution in [0.5, 0.6) is 5.75 Å². The van der Waals surface area contributed by atoms with Gasteiger partial charge in [0.1, 0.15) is 18.3 Å². The maximum absolute atomic E-state index is 13.0. The number of halogens is 1. The number of hydrogen-bond acceptors (Lipinski definition) is 6. The van der Waals surface area contributed by atoms with Crippen molar-refractivity contribution < 1.29 is 9.53 Å². The molecule has 1 amide bonds. The van der Waals surface area contributed by atoms with Crippen LogP contribution < -0.4 is 15.0 Å². The Kier molecular flexibility index (Phi) is 5.97. The number of fused-ring (bicyclic) bond motifs is 1. The minimum atomic E-state index is -0.252. The van der Waals surface area contributed by atoms with Gasteiger partial charge in [-0.25, -0.2) is 0 Å². The summed E-state index contributed by atoms with van der Waals surface area (Å²) in [6.45, 7) is 0.0282. The zero-order valence-corrected chi connectivity index (χ0v) is 19.1. The Morgan fingerprint density at radius 1 is 1.03 bits per heavy atom. The van der Waals surface area contributed by atoms with Gasteiger partial charge in [0.15, 0.2) is 0 Å². The van der Waals surface area contributed by atoms with Crippen molar-refractivity contribution in [3.05, 3.63) is 101 Å². The van der Waals surface area contributed by atoms with Gasteiger partial charge in [0.2, 0.25) is 5.91 Å². The first-order valence-corrected chi connectivity index (χ1v) is 11.0. The fourth-order valence-electron chi connectivity index (χ4n) is 3.90. The molecule has 2 heterocycles. The topological polar surface area (TPSA) is 85.2 Å². The first-order chi connectivity index (χ1) is 16.6. The standard InChI is InChI=1S/C25H21ClN6O2/c1-34-21-13-11-20(12-14-21)27-24(33)16-31-22(17-5-3-2-4-6-17)15-23(32-25(31)28-29-30-32)18-7-9-19(26)10-8-18/h2-15,23H,16H2,1H3,(H,27,33). The number of aromatic nitrogens is 4. The zero-order valence-electron chi connectivity index (χ0n) is 18.3. The lowest BCUT2D eigenvalue weighted by Gasteiger charge is -2.32. The number of nitrogens with zero attached hydrogens (tertiary/aromatic N) is 5. The van der Waals surface area contributed by atoms with Crippen molar-refractivity contribution in [2.24, 2.45) is 0 Å². The number of rotatable bonds is 6. The number of carbonyl (C=O) groups is 1. The Hall–Kier alpha value is -4.17. The third-order valence-electron chi connectivity index (χ3n) is 5.54. The molecule has 1 atom stereocenters. The van der Waals surface area contributed by atoms with Crippen LogP contribution in [-0.4, -0.2) is 39.8 Å². The minimum absolute atomic E-state index is 0.0282. The molecule has 0 aliphatic carbocycles. The second kappa shape index (κ2) is 9.36. The lowest BCUT2D eigenvalue weighted by atomic mass is 10.0. The lowest BCUT2D eigenvalue weighted by Crippen LogP contribution is -2.37. The summed E-state index contributed by atoms with van der Waals surface area (Å²) in [5.74, 6) is 0.994. The van der Waals surface area contributed by atoms with E-state index < -0.39 is 0 Å². The molecule has 1 N–H and O–H groups in total. The van der Waals surface area contributed by atoms with Gasteiger partial charge in [0, 0.05) is 10.7 Å². The van der Waals surface area contributed by atoms with E-state index in [0.717, 1.165) is 22.6 Å². The summed E-state index contributed by atoms with van der Waals surface area (Å²) in [6.07, 6.45) is 2.06. The van der Waals surface area contributed by atoms with Crippen molar-refractivity contribution in [3.63, 3.8) is 0 Å². The van der Waals surface area contributed by atoms with Crippen molar-refractivity contribution in [2.75, 3.05) is 23.9 Å². The highest BCUT2D eigenvalue weighted by molar-refractivity contribution is 6.30. The molecular formula is C25H21ClN6O2. The number of tetrazole rings is 1. The molecule has 170 valence electrons. The molecule has 1 aromatic heterocycles. The Balaban J connectivity index is 1.49. The van der Waals surface area contributed by atoms with Crippen LogP contribution in [0, 0.1) is 0 Å². The molecular weight excluding hydrogens is 452 g/mol. The van der Waals surface area contributed by atoms with Gasteiger partial charge in [-0.15, -0.1) is 0 Å². The van der Waals surface area contributed by atoms with E-state index in [1.165, 1.54) is 0 Å². The summed E-state index contributed by atoms with van der Waals surface area (Å²) in [6, 6.07) is 24.4. The summed E-state index contributed by atoms with van der Waals surface area (Å²) in [7, 11) is 1.60. The van der Waals surface area contributed by atoms with Gasteiger partial charge >= 0.3 is 0 Å². The molecule has 34 heavy (non-hydrogen) atoms. The number of benzene rings is 3. The van der Waals surface area contributed by atoms with Crippen LogP contribution in [0.2, 0.25) is 5.02 Å². The molecule has 3 aromatic carbocycles. The van der Waals surface area contributed by atoms with E-state index in [4.69, 9.17) is 16.3 Å². The van der Waals surface area contributed by atoms with Crippen LogP contribution >= 0.6 is 11.6 Å². The average Bonchev–Trinajstić information content (AvgIpc) is 3.36. The number of carbonyl (C=O) groups excluding carboxylic acids is 1. The van der Waals surface area contributed by atoms with E-state index in [9.17, 15) is 4.79 Å². The van der Waals surface area contributed by atoms with Gasteiger partial charge in [0.25, 0.3) is 5.95 Å². The summed E-state index contributed by atoms with van der Waals surface area (Å²) >= 11 is 6.10. The quantitative estimate of drug-likeness (QED) is 0.447. The number of anilines is 2. The van der Waals surface area contributed by atoms with E-state index in [2.05, 4.69) is 26.9 Å².